The molecule has 0 radical (unpaired) electrons. The van der Waals surface area contributed by atoms with Crippen molar-refractivity contribution >= 4 is 23.0 Å². The lowest BCUT2D eigenvalue weighted by Crippen LogP contribution is -2.12. The van der Waals surface area contributed by atoms with Crippen molar-refractivity contribution in [3.05, 3.63) is 49.3 Å². The lowest BCUT2D eigenvalue weighted by molar-refractivity contribution is 1.07. The van der Waals surface area contributed by atoms with Crippen LogP contribution < -0.4 is 16.0 Å². The molecular weight excluding hydrogens is 238 g/mol. The Morgan fingerprint density at radius 3 is 2.95 bits per heavy atom. The minimum atomic E-state index is 0.665. The van der Waals surface area contributed by atoms with Gasteiger partial charge in [-0.15, -0.1) is 6.58 Å². The Kier molecular flexibility index (Phi) is 3.97. The highest BCUT2D eigenvalue weighted by Crippen LogP contribution is 2.24. The number of nitrogen functional groups attached to an aromatic ring is 1. The van der Waals surface area contributed by atoms with Crippen LogP contribution in [-0.4, -0.2) is 23.6 Å². The van der Waals surface area contributed by atoms with E-state index >= 15 is 0 Å². The molecule has 0 aliphatic heterocycles. The molecule has 0 saturated heterocycles. The zero-order valence-electron chi connectivity index (χ0n) is 10.9. The lowest BCUT2D eigenvalue weighted by Gasteiger charge is -2.19. The molecule has 0 aliphatic rings. The molecule has 5 heteroatoms. The van der Waals surface area contributed by atoms with Gasteiger partial charge in [-0.3, -0.25) is 0 Å². The van der Waals surface area contributed by atoms with E-state index in [0.717, 1.165) is 23.0 Å². The number of rotatable bonds is 5. The van der Waals surface area contributed by atoms with Gasteiger partial charge in [-0.25, -0.2) is 9.97 Å². The van der Waals surface area contributed by atoms with Crippen LogP contribution in [0.4, 0.5) is 23.0 Å². The van der Waals surface area contributed by atoms with Crippen LogP contribution in [0.2, 0.25) is 0 Å². The molecule has 1 heterocycles. The molecule has 5 nitrogen and oxygen atoms in total. The van der Waals surface area contributed by atoms with E-state index < -0.39 is 0 Å². The zero-order chi connectivity index (χ0) is 13.7. The largest absolute Gasteiger partial charge is 0.399 e. The van der Waals surface area contributed by atoms with Crippen molar-refractivity contribution in [3.63, 3.8) is 0 Å². The molecule has 3 N–H and O–H groups in total. The predicted octanol–water partition coefficient (Wildman–Crippen LogP) is 2.42. The first-order valence-electron chi connectivity index (χ1n) is 5.97. The van der Waals surface area contributed by atoms with Crippen molar-refractivity contribution in [2.24, 2.45) is 0 Å². The Morgan fingerprint density at radius 1 is 1.37 bits per heavy atom. The van der Waals surface area contributed by atoms with Crippen LogP contribution >= 0.6 is 0 Å². The van der Waals surface area contributed by atoms with Gasteiger partial charge in [-0.2, -0.15) is 0 Å². The van der Waals surface area contributed by atoms with Gasteiger partial charge < -0.3 is 16.0 Å². The maximum atomic E-state index is 5.79. The fraction of sp³-hybridized carbons (Fsp3) is 0.143. The highest BCUT2D eigenvalue weighted by atomic mass is 15.2. The Bertz CT molecular complexity index is 567. The number of benzene rings is 1. The third-order valence-electron chi connectivity index (χ3n) is 2.68. The Labute approximate surface area is 112 Å². The van der Waals surface area contributed by atoms with Crippen LogP contribution in [0.1, 0.15) is 0 Å². The minimum Gasteiger partial charge on any atom is -0.399 e. The molecule has 19 heavy (non-hydrogen) atoms. The highest BCUT2D eigenvalue weighted by Gasteiger charge is 2.06. The van der Waals surface area contributed by atoms with E-state index in [-0.39, 0.29) is 0 Å². The second-order valence-corrected chi connectivity index (χ2v) is 4.09. The van der Waals surface area contributed by atoms with Crippen molar-refractivity contribution in [1.29, 1.82) is 0 Å². The summed E-state index contributed by atoms with van der Waals surface area (Å²) >= 11 is 0. The Hall–Kier alpha value is -2.56. The monoisotopic (exact) mass is 255 g/mol. The summed E-state index contributed by atoms with van der Waals surface area (Å²) in [6, 6.07) is 9.54. The summed E-state index contributed by atoms with van der Waals surface area (Å²) in [6.07, 6.45) is 3.31. The van der Waals surface area contributed by atoms with E-state index in [1.165, 1.54) is 6.33 Å². The maximum absolute atomic E-state index is 5.79. The molecule has 98 valence electrons. The third kappa shape index (κ3) is 3.22. The van der Waals surface area contributed by atoms with Gasteiger partial charge in [0.15, 0.2) is 0 Å². The molecule has 0 bridgehead atoms. The molecule has 2 aromatic rings. The quantitative estimate of drug-likeness (QED) is 0.634. The van der Waals surface area contributed by atoms with Gasteiger partial charge >= 0.3 is 0 Å². The summed E-state index contributed by atoms with van der Waals surface area (Å²) in [7, 11) is 1.94. The van der Waals surface area contributed by atoms with E-state index in [1.807, 2.05) is 42.3 Å². The molecule has 0 amide bonds. The molecule has 1 aromatic heterocycles. The van der Waals surface area contributed by atoms with Gasteiger partial charge in [-0.1, -0.05) is 12.1 Å². The normalized spacial score (nSPS) is 9.95. The summed E-state index contributed by atoms with van der Waals surface area (Å²) in [5, 5.41) is 3.13. The molecule has 0 unspecified atom stereocenters. The van der Waals surface area contributed by atoms with Gasteiger partial charge in [0.05, 0.1) is 0 Å². The fourth-order valence-corrected chi connectivity index (χ4v) is 1.67. The lowest BCUT2D eigenvalue weighted by atomic mass is 10.2. The number of nitrogens with two attached hydrogens (primary N) is 1. The summed E-state index contributed by atoms with van der Waals surface area (Å²) in [6.45, 7) is 4.33. The molecule has 0 fully saturated rings. The van der Waals surface area contributed by atoms with Gasteiger partial charge in [0, 0.05) is 31.0 Å². The fourth-order valence-electron chi connectivity index (χ4n) is 1.67. The summed E-state index contributed by atoms with van der Waals surface area (Å²) in [5.74, 6) is 1.56. The van der Waals surface area contributed by atoms with Crippen LogP contribution in [0.25, 0.3) is 0 Å². The predicted molar refractivity (Wildman–Crippen MR) is 79.6 cm³/mol. The second kappa shape index (κ2) is 5.86. The van der Waals surface area contributed by atoms with Gasteiger partial charge in [0.2, 0.25) is 0 Å². The summed E-state index contributed by atoms with van der Waals surface area (Å²) in [4.78, 5) is 10.4. The average molecular weight is 255 g/mol. The molecule has 0 spiro atoms. The highest BCUT2D eigenvalue weighted by molar-refractivity contribution is 5.64. The minimum absolute atomic E-state index is 0.665. The number of nitrogens with zero attached hydrogens (tertiary/aromatic N) is 3. The molecule has 1 aromatic carbocycles. The third-order valence-corrected chi connectivity index (χ3v) is 2.68. The van der Waals surface area contributed by atoms with Crippen molar-refractivity contribution in [2.45, 2.75) is 0 Å². The van der Waals surface area contributed by atoms with E-state index in [9.17, 15) is 0 Å². The van der Waals surface area contributed by atoms with E-state index in [1.54, 1.807) is 6.08 Å². The van der Waals surface area contributed by atoms with E-state index in [4.69, 9.17) is 5.73 Å². The van der Waals surface area contributed by atoms with Crippen molar-refractivity contribution < 1.29 is 0 Å². The first kappa shape index (κ1) is 12.9. The van der Waals surface area contributed by atoms with Gasteiger partial charge in [0.25, 0.3) is 0 Å². The van der Waals surface area contributed by atoms with Crippen LogP contribution in [-0.2, 0) is 0 Å². The topological polar surface area (TPSA) is 67.1 Å². The molecule has 2 rings (SSSR count). The number of hydrogen-bond donors (Lipinski definition) is 2. The second-order valence-electron chi connectivity index (χ2n) is 4.09. The number of hydrogen-bond acceptors (Lipinski definition) is 5. The van der Waals surface area contributed by atoms with Crippen LogP contribution in [0.15, 0.2) is 49.3 Å². The van der Waals surface area contributed by atoms with Crippen molar-refractivity contribution in [2.75, 3.05) is 29.5 Å². The van der Waals surface area contributed by atoms with Gasteiger partial charge in [0.1, 0.15) is 18.0 Å². The van der Waals surface area contributed by atoms with E-state index in [0.29, 0.717) is 6.54 Å². The molecule has 0 aliphatic carbocycles. The standard InChI is InChI=1S/C14H17N5/c1-3-7-16-13-9-14(18-10-17-13)19(2)12-6-4-5-11(15)8-12/h3-6,8-10H,1,7,15H2,2H3,(H,16,17,18). The summed E-state index contributed by atoms with van der Waals surface area (Å²) < 4.78 is 0. The Balaban J connectivity index is 2.23. The molecule has 0 atom stereocenters. The summed E-state index contributed by atoms with van der Waals surface area (Å²) in [5.41, 5.74) is 7.49. The first-order valence-corrected chi connectivity index (χ1v) is 5.97. The first-order chi connectivity index (χ1) is 9.20. The van der Waals surface area contributed by atoms with E-state index in [2.05, 4.69) is 21.9 Å². The van der Waals surface area contributed by atoms with Crippen molar-refractivity contribution in [3.8, 4) is 0 Å². The van der Waals surface area contributed by atoms with Crippen LogP contribution in [0, 0.1) is 0 Å². The number of anilines is 4. The SMILES string of the molecule is C=CCNc1cc(N(C)c2cccc(N)c2)ncn1. The number of aromatic nitrogens is 2. The molecule has 0 saturated carbocycles. The smallest absolute Gasteiger partial charge is 0.138 e. The zero-order valence-corrected chi connectivity index (χ0v) is 10.9. The maximum Gasteiger partial charge on any atom is 0.138 e. The number of nitrogens with one attached hydrogen (secondary N) is 1. The Morgan fingerprint density at radius 2 is 2.21 bits per heavy atom. The average Bonchev–Trinajstić information content (AvgIpc) is 2.44. The van der Waals surface area contributed by atoms with Crippen molar-refractivity contribution in [1.82, 2.24) is 9.97 Å². The van der Waals surface area contributed by atoms with Crippen LogP contribution in [0.5, 0.6) is 0 Å². The van der Waals surface area contributed by atoms with Gasteiger partial charge in [-0.05, 0) is 18.2 Å². The molecular formula is C14H17N5. The van der Waals surface area contributed by atoms with Crippen LogP contribution in [0.3, 0.4) is 0 Å².